The highest BCUT2D eigenvalue weighted by Crippen LogP contribution is 2.19. The van der Waals surface area contributed by atoms with Gasteiger partial charge in [0, 0.05) is 37.4 Å². The van der Waals surface area contributed by atoms with E-state index in [1.807, 2.05) is 49.2 Å². The molecule has 0 saturated carbocycles. The van der Waals surface area contributed by atoms with E-state index in [4.69, 9.17) is 10.7 Å². The molecular weight excluding hydrogens is 496 g/mol. The summed E-state index contributed by atoms with van der Waals surface area (Å²) in [5, 5.41) is 19.5. The molecule has 208 valence electrons. The van der Waals surface area contributed by atoms with Crippen LogP contribution >= 0.6 is 0 Å². The van der Waals surface area contributed by atoms with E-state index in [9.17, 15) is 14.7 Å². The molecule has 0 aliphatic carbocycles. The summed E-state index contributed by atoms with van der Waals surface area (Å²) in [6.07, 6.45) is 6.77. The van der Waals surface area contributed by atoms with E-state index in [1.165, 1.54) is 4.57 Å². The molecule has 11 heteroatoms. The topological polar surface area (TPSA) is 137 Å². The number of likely N-dealkylation sites (N-methyl/N-ethyl adjacent to an activating group) is 1. The minimum Gasteiger partial charge on any atom is -0.399 e. The summed E-state index contributed by atoms with van der Waals surface area (Å²) in [7, 11) is 0. The highest BCUT2D eigenvalue weighted by Gasteiger charge is 2.26. The first-order chi connectivity index (χ1) is 18.9. The van der Waals surface area contributed by atoms with Gasteiger partial charge in [-0.15, -0.1) is 0 Å². The zero-order chi connectivity index (χ0) is 27.9. The van der Waals surface area contributed by atoms with Gasteiger partial charge in [0.2, 0.25) is 0 Å². The van der Waals surface area contributed by atoms with Gasteiger partial charge in [0.15, 0.2) is 11.2 Å². The quantitative estimate of drug-likeness (QED) is 0.249. The molecular formula is C28H38N8O3. The Balaban J connectivity index is 1.97. The van der Waals surface area contributed by atoms with Crippen molar-refractivity contribution in [1.29, 1.82) is 0 Å². The maximum atomic E-state index is 14.1. The van der Waals surface area contributed by atoms with Gasteiger partial charge in [-0.05, 0) is 56.0 Å². The lowest BCUT2D eigenvalue weighted by Gasteiger charge is -2.26. The van der Waals surface area contributed by atoms with Crippen molar-refractivity contribution in [2.45, 2.75) is 65.5 Å². The molecule has 0 saturated heterocycles. The van der Waals surface area contributed by atoms with Crippen LogP contribution in [0.15, 0.2) is 52.3 Å². The Hall–Kier alpha value is -3.99. The fourth-order valence-electron chi connectivity index (χ4n) is 4.99. The average Bonchev–Trinajstić information content (AvgIpc) is 3.29. The molecule has 3 heterocycles. The number of nitrogens with zero attached hydrogens (tertiary/aromatic N) is 7. The zero-order valence-corrected chi connectivity index (χ0v) is 23.0. The third-order valence-corrected chi connectivity index (χ3v) is 7.02. The van der Waals surface area contributed by atoms with Crippen LogP contribution in [-0.2, 0) is 19.4 Å². The Kier molecular flexibility index (Phi) is 9.13. The van der Waals surface area contributed by atoms with Crippen LogP contribution in [0, 0.1) is 0 Å². The number of benzene rings is 1. The second kappa shape index (κ2) is 12.7. The molecule has 3 N–H and O–H groups in total. The van der Waals surface area contributed by atoms with Gasteiger partial charge in [0.1, 0.15) is 5.82 Å². The van der Waals surface area contributed by atoms with Crippen molar-refractivity contribution in [3.05, 3.63) is 80.5 Å². The van der Waals surface area contributed by atoms with Gasteiger partial charge in [-0.3, -0.25) is 13.9 Å². The first-order valence-corrected chi connectivity index (χ1v) is 13.6. The number of hydrogen-bond donors (Lipinski definition) is 2. The van der Waals surface area contributed by atoms with Gasteiger partial charge in [-0.25, -0.2) is 14.5 Å². The van der Waals surface area contributed by atoms with Crippen molar-refractivity contribution >= 4 is 16.9 Å². The molecule has 1 atom stereocenters. The lowest BCUT2D eigenvalue weighted by Crippen LogP contribution is -2.45. The van der Waals surface area contributed by atoms with Gasteiger partial charge in [0.05, 0.1) is 19.3 Å². The molecule has 0 aliphatic rings. The summed E-state index contributed by atoms with van der Waals surface area (Å²) < 4.78 is 4.77. The second-order valence-electron chi connectivity index (χ2n) is 9.81. The maximum absolute atomic E-state index is 14.1. The van der Waals surface area contributed by atoms with Gasteiger partial charge >= 0.3 is 5.69 Å². The normalized spacial score (nSPS) is 12.2. The predicted octanol–water partition coefficient (Wildman–Crippen LogP) is 2.27. The number of imidazole rings is 1. The van der Waals surface area contributed by atoms with Crippen molar-refractivity contribution in [1.82, 2.24) is 29.0 Å². The Morgan fingerprint density at radius 3 is 2.62 bits per heavy atom. The zero-order valence-electron chi connectivity index (χ0n) is 23.0. The number of anilines is 1. The molecule has 11 nitrogen and oxygen atoms in total. The lowest BCUT2D eigenvalue weighted by molar-refractivity contribution is 0.292. The number of aromatic nitrogens is 6. The molecule has 0 radical (unpaired) electrons. The summed E-state index contributed by atoms with van der Waals surface area (Å²) in [5.74, 6) is 0.585. The number of hydrogen-bond acceptors (Lipinski definition) is 8. The maximum Gasteiger partial charge on any atom is 0.333 e. The fraction of sp³-hybridized carbons (Fsp3) is 0.464. The first kappa shape index (κ1) is 28.0. The molecule has 0 spiro atoms. The minimum absolute atomic E-state index is 0.0973. The van der Waals surface area contributed by atoms with Crippen molar-refractivity contribution < 1.29 is 5.11 Å². The molecule has 0 amide bonds. The lowest BCUT2D eigenvalue weighted by atomic mass is 10.1. The van der Waals surface area contributed by atoms with Gasteiger partial charge in [-0.1, -0.05) is 31.9 Å². The monoisotopic (exact) mass is 534 g/mol. The van der Waals surface area contributed by atoms with Crippen LogP contribution in [0.25, 0.3) is 11.2 Å². The largest absolute Gasteiger partial charge is 0.399 e. The van der Waals surface area contributed by atoms with E-state index in [0.29, 0.717) is 61.6 Å². The van der Waals surface area contributed by atoms with Crippen LogP contribution in [0.1, 0.15) is 63.0 Å². The van der Waals surface area contributed by atoms with Crippen molar-refractivity contribution in [3.8, 4) is 0 Å². The fourth-order valence-corrected chi connectivity index (χ4v) is 4.99. The molecule has 3 aromatic heterocycles. The summed E-state index contributed by atoms with van der Waals surface area (Å²) in [5.41, 5.74) is 8.42. The summed E-state index contributed by atoms with van der Waals surface area (Å²) in [6, 6.07) is 9.14. The van der Waals surface area contributed by atoms with E-state index in [2.05, 4.69) is 17.1 Å². The molecule has 4 aromatic rings. The van der Waals surface area contributed by atoms with E-state index < -0.39 is 0 Å². The minimum atomic E-state index is -0.373. The van der Waals surface area contributed by atoms with Crippen molar-refractivity contribution in [2.75, 3.05) is 30.4 Å². The highest BCUT2D eigenvalue weighted by molar-refractivity contribution is 5.72. The van der Waals surface area contributed by atoms with Crippen LogP contribution in [0.5, 0.6) is 0 Å². The Labute approximate surface area is 227 Å². The molecule has 0 aliphatic heterocycles. The van der Waals surface area contributed by atoms with Crippen LogP contribution in [0.3, 0.4) is 0 Å². The molecule has 0 fully saturated rings. The number of aliphatic hydroxyl groups is 1. The third-order valence-electron chi connectivity index (χ3n) is 7.02. The number of fused-ring (bicyclic) bond motifs is 1. The summed E-state index contributed by atoms with van der Waals surface area (Å²) >= 11 is 0. The Morgan fingerprint density at radius 1 is 1.13 bits per heavy atom. The van der Waals surface area contributed by atoms with Crippen molar-refractivity contribution in [2.24, 2.45) is 0 Å². The predicted molar refractivity (Wildman–Crippen MR) is 153 cm³/mol. The SMILES string of the molecule is CCCCC(C)n1c(=O)c2c(nc(Cc3ccnnc3)n2N(CC)CCO)n(CCc2cccc(N)c2)c1=O. The molecule has 39 heavy (non-hydrogen) atoms. The summed E-state index contributed by atoms with van der Waals surface area (Å²) in [6.45, 7) is 7.03. The molecule has 1 aromatic carbocycles. The van der Waals surface area contributed by atoms with Crippen LogP contribution in [-0.4, -0.2) is 53.8 Å². The Bertz CT molecular complexity index is 1510. The summed E-state index contributed by atoms with van der Waals surface area (Å²) in [4.78, 5) is 32.9. The molecule has 0 bridgehead atoms. The van der Waals surface area contributed by atoms with E-state index in [-0.39, 0.29) is 23.9 Å². The Morgan fingerprint density at radius 2 is 1.95 bits per heavy atom. The van der Waals surface area contributed by atoms with Gasteiger partial charge in [0.25, 0.3) is 5.56 Å². The number of aryl methyl sites for hydroxylation is 2. The number of nitrogen functional groups attached to an aromatic ring is 1. The number of nitrogens with two attached hydrogens (primary N) is 1. The van der Waals surface area contributed by atoms with Crippen molar-refractivity contribution in [3.63, 3.8) is 0 Å². The van der Waals surface area contributed by atoms with Gasteiger partial charge in [-0.2, -0.15) is 10.2 Å². The van der Waals surface area contributed by atoms with Crippen LogP contribution in [0.4, 0.5) is 5.69 Å². The average molecular weight is 535 g/mol. The number of rotatable bonds is 13. The first-order valence-electron chi connectivity index (χ1n) is 13.6. The second-order valence-corrected chi connectivity index (χ2v) is 9.81. The standard InChI is InChI=1S/C28H38N8O3/c1-4-6-8-20(3)35-27(38)25-26(34(28(35)39)14-12-21-9-7-10-23(29)17-21)32-24(18-22-11-13-30-31-19-22)36(25)33(5-2)15-16-37/h7,9-11,13,17,19-20,37H,4-6,8,12,14-16,18,29H2,1-3H3. The van der Waals surface area contributed by atoms with E-state index >= 15 is 0 Å². The van der Waals surface area contributed by atoms with Crippen LogP contribution in [0.2, 0.25) is 0 Å². The highest BCUT2D eigenvalue weighted by atomic mass is 16.3. The van der Waals surface area contributed by atoms with E-state index in [1.54, 1.807) is 21.6 Å². The molecule has 4 rings (SSSR count). The number of aliphatic hydroxyl groups excluding tert-OH is 1. The van der Waals surface area contributed by atoms with E-state index in [0.717, 1.165) is 24.0 Å². The third kappa shape index (κ3) is 6.03. The van der Waals surface area contributed by atoms with Crippen LogP contribution < -0.4 is 22.0 Å². The van der Waals surface area contributed by atoms with Gasteiger partial charge < -0.3 is 15.8 Å². The smallest absolute Gasteiger partial charge is 0.333 e. The number of unbranched alkanes of at least 4 members (excludes halogenated alkanes) is 1. The molecule has 1 unspecified atom stereocenters.